The van der Waals surface area contributed by atoms with E-state index in [0.717, 1.165) is 66.0 Å². The number of hydrogen-bond donors (Lipinski definition) is 4. The quantitative estimate of drug-likeness (QED) is 0.332. The number of anilines is 2. The number of benzene rings is 2. The van der Waals surface area contributed by atoms with Gasteiger partial charge in [-0.1, -0.05) is 18.9 Å². The molecule has 0 atom stereocenters. The van der Waals surface area contributed by atoms with Gasteiger partial charge in [-0.3, -0.25) is 14.5 Å². The fraction of sp³-hybridized carbons (Fsp3) is 0.357. The van der Waals surface area contributed by atoms with Crippen molar-refractivity contribution in [3.63, 3.8) is 0 Å². The van der Waals surface area contributed by atoms with Crippen molar-refractivity contribution in [1.29, 1.82) is 0 Å². The molecule has 4 N–H and O–H groups in total. The maximum atomic E-state index is 13.6. The van der Waals surface area contributed by atoms with E-state index < -0.39 is 17.6 Å². The van der Waals surface area contributed by atoms with Crippen LogP contribution >= 0.6 is 0 Å². The van der Waals surface area contributed by atoms with E-state index in [1.54, 1.807) is 40.2 Å². The van der Waals surface area contributed by atoms with Crippen molar-refractivity contribution in [2.75, 3.05) is 10.3 Å². The third kappa shape index (κ3) is 5.94. The molecule has 1 fully saturated rings. The number of hydrogen-bond acceptors (Lipinski definition) is 6. The molecule has 0 spiro atoms. The van der Waals surface area contributed by atoms with Crippen LogP contribution in [0.5, 0.6) is 0 Å². The molecule has 1 aliphatic carbocycles. The van der Waals surface area contributed by atoms with E-state index in [-0.39, 0.29) is 5.69 Å². The molecular formula is C28H32F3N7O. The summed E-state index contributed by atoms with van der Waals surface area (Å²) in [4.78, 5) is 13.2. The monoisotopic (exact) mass is 539 g/mol. The van der Waals surface area contributed by atoms with Crippen molar-refractivity contribution in [2.24, 2.45) is 7.05 Å². The molecule has 0 saturated heterocycles. The number of nitrogens with zero attached hydrogens (tertiary/aromatic N) is 3. The predicted molar refractivity (Wildman–Crippen MR) is 144 cm³/mol. The molecule has 1 amide bonds. The average molecular weight is 540 g/mol. The first-order valence-corrected chi connectivity index (χ1v) is 13.0. The van der Waals surface area contributed by atoms with E-state index in [0.29, 0.717) is 23.7 Å². The molecule has 11 heteroatoms. The highest BCUT2D eigenvalue weighted by atomic mass is 19.4. The summed E-state index contributed by atoms with van der Waals surface area (Å²) in [6.45, 7) is 4.19. The second kappa shape index (κ2) is 10.7. The summed E-state index contributed by atoms with van der Waals surface area (Å²) in [6, 6.07) is 9.19. The molecule has 1 aromatic heterocycles. The van der Waals surface area contributed by atoms with Crippen molar-refractivity contribution >= 4 is 23.0 Å². The van der Waals surface area contributed by atoms with Gasteiger partial charge in [-0.25, -0.2) is 0 Å². The van der Waals surface area contributed by atoms with Crippen molar-refractivity contribution in [3.8, 4) is 0 Å². The van der Waals surface area contributed by atoms with Crippen molar-refractivity contribution in [1.82, 2.24) is 26.1 Å². The lowest BCUT2D eigenvalue weighted by atomic mass is 10.1. The zero-order valence-corrected chi connectivity index (χ0v) is 22.1. The molecule has 39 heavy (non-hydrogen) atoms. The molecule has 206 valence electrons. The fourth-order valence-corrected chi connectivity index (χ4v) is 4.98. The molecule has 2 aliphatic rings. The second-order valence-corrected chi connectivity index (χ2v) is 10.2. The van der Waals surface area contributed by atoms with E-state index in [1.165, 1.54) is 0 Å². The van der Waals surface area contributed by atoms with Gasteiger partial charge in [-0.15, -0.1) is 5.53 Å². The van der Waals surface area contributed by atoms with Gasteiger partial charge in [0, 0.05) is 48.3 Å². The number of rotatable bonds is 7. The van der Waals surface area contributed by atoms with Crippen LogP contribution in [0.2, 0.25) is 0 Å². The average Bonchev–Trinajstić information content (AvgIpc) is 3.65. The van der Waals surface area contributed by atoms with Crippen LogP contribution in [0.25, 0.3) is 5.70 Å². The molecule has 0 bridgehead atoms. The number of halogens is 3. The second-order valence-electron chi connectivity index (χ2n) is 10.2. The number of alkyl halides is 3. The highest BCUT2D eigenvalue weighted by Crippen LogP contribution is 2.33. The van der Waals surface area contributed by atoms with E-state index in [4.69, 9.17) is 0 Å². The Morgan fingerprint density at radius 2 is 1.90 bits per heavy atom. The fourth-order valence-electron chi connectivity index (χ4n) is 4.98. The lowest BCUT2D eigenvalue weighted by molar-refractivity contribution is -0.137. The minimum absolute atomic E-state index is 0.107. The summed E-state index contributed by atoms with van der Waals surface area (Å²) >= 11 is 0. The molecule has 1 saturated carbocycles. The predicted octanol–water partition coefficient (Wildman–Crippen LogP) is 5.17. The molecule has 2 heterocycles. The van der Waals surface area contributed by atoms with E-state index >= 15 is 0 Å². The molecule has 3 aromatic rings. The van der Waals surface area contributed by atoms with Crippen LogP contribution in [0.3, 0.4) is 0 Å². The molecule has 1 aliphatic heterocycles. The molecule has 0 unspecified atom stereocenters. The van der Waals surface area contributed by atoms with Crippen LogP contribution < -0.4 is 26.6 Å². The number of hydrazine groups is 2. The first-order chi connectivity index (χ1) is 18.6. The van der Waals surface area contributed by atoms with Gasteiger partial charge in [0.15, 0.2) is 0 Å². The van der Waals surface area contributed by atoms with Crippen LogP contribution in [-0.2, 0) is 19.8 Å². The standard InChI is InChI=1S/C28H32F3N7O/c1-17-8-9-20(12-26(17)38-16-25(35-36-38)24-15-33-37(3)18(24)2)27(39)34-23-11-19(10-21(13-23)28(29,30)31)14-32-22-6-4-5-7-22/h8-13,15-16,22,32,35-36H,4-7,14H2,1-3H3,(H,34,39). The van der Waals surface area contributed by atoms with E-state index in [1.807, 2.05) is 27.1 Å². The Labute approximate surface area is 225 Å². The van der Waals surface area contributed by atoms with Gasteiger partial charge in [-0.05, 0) is 68.1 Å². The molecule has 5 rings (SSSR count). The Balaban J connectivity index is 1.36. The minimum atomic E-state index is -4.52. The minimum Gasteiger partial charge on any atom is -0.322 e. The third-order valence-electron chi connectivity index (χ3n) is 7.35. The molecule has 2 aromatic carbocycles. The molecule has 0 radical (unpaired) electrons. The van der Waals surface area contributed by atoms with E-state index in [9.17, 15) is 18.0 Å². The van der Waals surface area contributed by atoms with Gasteiger partial charge in [0.25, 0.3) is 5.91 Å². The van der Waals surface area contributed by atoms with Gasteiger partial charge in [0.05, 0.1) is 23.1 Å². The van der Waals surface area contributed by atoms with Gasteiger partial charge >= 0.3 is 6.18 Å². The number of amides is 1. The summed E-state index contributed by atoms with van der Waals surface area (Å²) in [5.41, 5.74) is 10.7. The summed E-state index contributed by atoms with van der Waals surface area (Å²) in [6.07, 6.45) is 3.42. The largest absolute Gasteiger partial charge is 0.416 e. The zero-order valence-electron chi connectivity index (χ0n) is 22.1. The number of aromatic nitrogens is 2. The zero-order chi connectivity index (χ0) is 27.7. The summed E-state index contributed by atoms with van der Waals surface area (Å²) in [5.74, 6) is -0.496. The van der Waals surface area contributed by atoms with Crippen molar-refractivity contribution in [2.45, 2.75) is 58.3 Å². The van der Waals surface area contributed by atoms with Crippen molar-refractivity contribution in [3.05, 3.63) is 82.3 Å². The lowest BCUT2D eigenvalue weighted by Crippen LogP contribution is -2.36. The third-order valence-corrected chi connectivity index (χ3v) is 7.35. The maximum Gasteiger partial charge on any atom is 0.416 e. The topological polar surface area (TPSA) is 86.2 Å². The molecular weight excluding hydrogens is 507 g/mol. The first-order valence-electron chi connectivity index (χ1n) is 13.0. The highest BCUT2D eigenvalue weighted by molar-refractivity contribution is 6.05. The number of carbonyl (C=O) groups excluding carboxylic acids is 1. The maximum absolute atomic E-state index is 13.6. The lowest BCUT2D eigenvalue weighted by Gasteiger charge is -2.19. The Morgan fingerprint density at radius 3 is 2.59 bits per heavy atom. The summed E-state index contributed by atoms with van der Waals surface area (Å²) in [5, 5.41) is 12.0. The van der Waals surface area contributed by atoms with Crippen LogP contribution in [-0.4, -0.2) is 21.7 Å². The van der Waals surface area contributed by atoms with Crippen LogP contribution in [0.1, 0.15) is 64.0 Å². The van der Waals surface area contributed by atoms with Gasteiger partial charge in [-0.2, -0.15) is 18.3 Å². The SMILES string of the molecule is Cc1ccc(C(=O)Nc2cc(CNC3CCCC3)cc(C(F)(F)F)c2)cc1N1C=C(c2cnn(C)c2C)NN1. The van der Waals surface area contributed by atoms with Crippen LogP contribution in [0.15, 0.2) is 48.8 Å². The summed E-state index contributed by atoms with van der Waals surface area (Å²) < 4.78 is 42.7. The normalized spacial score (nSPS) is 15.9. The van der Waals surface area contributed by atoms with Gasteiger partial charge < -0.3 is 16.1 Å². The Morgan fingerprint density at radius 1 is 1.13 bits per heavy atom. The van der Waals surface area contributed by atoms with Crippen molar-refractivity contribution < 1.29 is 18.0 Å². The summed E-state index contributed by atoms with van der Waals surface area (Å²) in [7, 11) is 1.87. The number of aryl methyl sites for hydroxylation is 2. The molecule has 8 nitrogen and oxygen atoms in total. The Bertz CT molecular complexity index is 1410. The van der Waals surface area contributed by atoms with Gasteiger partial charge in [0.1, 0.15) is 0 Å². The highest BCUT2D eigenvalue weighted by Gasteiger charge is 2.31. The number of nitrogens with one attached hydrogen (secondary N) is 4. The smallest absolute Gasteiger partial charge is 0.322 e. The van der Waals surface area contributed by atoms with Gasteiger partial charge in [0.2, 0.25) is 0 Å². The first kappa shape index (κ1) is 26.8. The Kier molecular flexibility index (Phi) is 7.37. The Hall–Kier alpha value is -3.83. The van der Waals surface area contributed by atoms with Crippen LogP contribution in [0.4, 0.5) is 24.5 Å². The number of carbonyl (C=O) groups is 1. The van der Waals surface area contributed by atoms with E-state index in [2.05, 4.69) is 26.7 Å². The van der Waals surface area contributed by atoms with Crippen LogP contribution in [0, 0.1) is 13.8 Å².